The molecule has 0 atom stereocenters. The van der Waals surface area contributed by atoms with Crippen molar-refractivity contribution in [3.05, 3.63) is 41.1 Å². The highest BCUT2D eigenvalue weighted by Crippen LogP contribution is 2.44. The summed E-state index contributed by atoms with van der Waals surface area (Å²) in [5, 5.41) is 10.2. The zero-order chi connectivity index (χ0) is 17.2. The number of ether oxygens (including phenoxy) is 2. The molecule has 0 unspecified atom stereocenters. The van der Waals surface area contributed by atoms with Gasteiger partial charge in [-0.05, 0) is 55.4 Å². The van der Waals surface area contributed by atoms with Gasteiger partial charge in [-0.2, -0.15) is 5.10 Å². The van der Waals surface area contributed by atoms with Crippen LogP contribution < -0.4 is 10.1 Å². The second kappa shape index (κ2) is 6.88. The lowest BCUT2D eigenvalue weighted by atomic mass is 9.97. The van der Waals surface area contributed by atoms with Crippen molar-refractivity contribution in [3.8, 4) is 5.75 Å². The van der Waals surface area contributed by atoms with Gasteiger partial charge >= 0.3 is 0 Å². The zero-order valence-electron chi connectivity index (χ0n) is 14.4. The first-order valence-electron chi connectivity index (χ1n) is 8.87. The van der Waals surface area contributed by atoms with Crippen LogP contribution in [0, 0.1) is 0 Å². The number of benzene rings is 1. The van der Waals surface area contributed by atoms with Gasteiger partial charge in [-0.1, -0.05) is 0 Å². The van der Waals surface area contributed by atoms with Crippen molar-refractivity contribution < 1.29 is 14.3 Å². The second-order valence-corrected chi connectivity index (χ2v) is 6.78. The van der Waals surface area contributed by atoms with Gasteiger partial charge in [0.15, 0.2) is 5.82 Å². The highest BCUT2D eigenvalue weighted by molar-refractivity contribution is 6.04. The molecule has 6 nitrogen and oxygen atoms in total. The largest absolute Gasteiger partial charge is 0.496 e. The van der Waals surface area contributed by atoms with Crippen LogP contribution in [0.4, 0.5) is 5.82 Å². The molecule has 132 valence electrons. The van der Waals surface area contributed by atoms with Gasteiger partial charge in [-0.25, -0.2) is 0 Å². The normalized spacial score (nSPS) is 18.1. The Kier molecular flexibility index (Phi) is 4.44. The summed E-state index contributed by atoms with van der Waals surface area (Å²) in [6, 6.07) is 7.55. The van der Waals surface area contributed by atoms with Crippen LogP contribution in [0.15, 0.2) is 24.3 Å². The van der Waals surface area contributed by atoms with Crippen molar-refractivity contribution in [2.24, 2.45) is 0 Å². The van der Waals surface area contributed by atoms with E-state index in [2.05, 4.69) is 15.5 Å². The molecule has 6 heteroatoms. The second-order valence-electron chi connectivity index (χ2n) is 6.78. The summed E-state index contributed by atoms with van der Waals surface area (Å²) in [6.07, 6.45) is 4.29. The van der Waals surface area contributed by atoms with Gasteiger partial charge in [0.25, 0.3) is 5.91 Å². The fraction of sp³-hybridized carbons (Fsp3) is 0.474. The Morgan fingerprint density at radius 3 is 2.72 bits per heavy atom. The zero-order valence-corrected chi connectivity index (χ0v) is 14.4. The molecule has 2 heterocycles. The van der Waals surface area contributed by atoms with Gasteiger partial charge in [0, 0.05) is 36.5 Å². The van der Waals surface area contributed by atoms with Gasteiger partial charge in [-0.3, -0.25) is 9.89 Å². The third-order valence-electron chi connectivity index (χ3n) is 5.01. The highest BCUT2D eigenvalue weighted by Gasteiger charge is 2.27. The van der Waals surface area contributed by atoms with Crippen molar-refractivity contribution in [2.75, 3.05) is 25.6 Å². The van der Waals surface area contributed by atoms with Crippen LogP contribution >= 0.6 is 0 Å². The van der Waals surface area contributed by atoms with E-state index < -0.39 is 0 Å². The molecule has 1 amide bonds. The molecule has 4 rings (SSSR count). The molecule has 0 bridgehead atoms. The maximum atomic E-state index is 12.6. The number of aromatic amines is 1. The minimum Gasteiger partial charge on any atom is -0.496 e. The van der Waals surface area contributed by atoms with E-state index in [1.807, 2.05) is 18.2 Å². The minimum atomic E-state index is -0.144. The molecule has 1 aromatic heterocycles. The Morgan fingerprint density at radius 1 is 1.20 bits per heavy atom. The maximum absolute atomic E-state index is 12.6. The SMILES string of the molecule is COc1ccc(C(=O)Nc2cc(C3CCOCC3)[nH]n2)cc1C1CC1. The number of carbonyl (C=O) groups is 1. The minimum absolute atomic E-state index is 0.144. The van der Waals surface area contributed by atoms with Crippen molar-refractivity contribution in [3.63, 3.8) is 0 Å². The standard InChI is InChI=1S/C19H23N3O3/c1-24-17-5-4-14(10-15(17)12-2-3-12)19(23)20-18-11-16(21-22-18)13-6-8-25-9-7-13/h4-5,10-13H,2-3,6-9H2,1H3,(H2,20,21,22,23). The Labute approximate surface area is 146 Å². The molecule has 1 saturated heterocycles. The summed E-state index contributed by atoms with van der Waals surface area (Å²) >= 11 is 0. The molecule has 1 saturated carbocycles. The average Bonchev–Trinajstić information content (AvgIpc) is 3.41. The van der Waals surface area contributed by atoms with Crippen LogP contribution in [0.3, 0.4) is 0 Å². The maximum Gasteiger partial charge on any atom is 0.256 e. The van der Waals surface area contributed by atoms with Crippen LogP contribution in [-0.4, -0.2) is 36.4 Å². The van der Waals surface area contributed by atoms with Gasteiger partial charge in [0.1, 0.15) is 5.75 Å². The average molecular weight is 341 g/mol. The molecule has 0 spiro atoms. The quantitative estimate of drug-likeness (QED) is 0.873. The predicted octanol–water partition coefficient (Wildman–Crippen LogP) is 3.44. The summed E-state index contributed by atoms with van der Waals surface area (Å²) in [5.74, 6) is 2.23. The van der Waals surface area contributed by atoms with Crippen LogP contribution in [0.5, 0.6) is 5.75 Å². The number of methoxy groups -OCH3 is 1. The number of hydrogen-bond donors (Lipinski definition) is 2. The van der Waals surface area contributed by atoms with E-state index in [1.165, 1.54) is 0 Å². The molecular weight excluding hydrogens is 318 g/mol. The van der Waals surface area contributed by atoms with Crippen LogP contribution in [-0.2, 0) is 4.74 Å². The lowest BCUT2D eigenvalue weighted by Crippen LogP contribution is -2.14. The smallest absolute Gasteiger partial charge is 0.256 e. The van der Waals surface area contributed by atoms with Crippen molar-refractivity contribution >= 4 is 11.7 Å². The molecule has 2 N–H and O–H groups in total. The predicted molar refractivity (Wildman–Crippen MR) is 94.3 cm³/mol. The first-order valence-corrected chi connectivity index (χ1v) is 8.87. The Morgan fingerprint density at radius 2 is 2.00 bits per heavy atom. The molecule has 1 aliphatic carbocycles. The number of H-pyrrole nitrogens is 1. The van der Waals surface area contributed by atoms with Crippen molar-refractivity contribution in [2.45, 2.75) is 37.5 Å². The lowest BCUT2D eigenvalue weighted by molar-refractivity contribution is 0.0845. The Hall–Kier alpha value is -2.34. The monoisotopic (exact) mass is 341 g/mol. The van der Waals surface area contributed by atoms with Crippen molar-refractivity contribution in [1.82, 2.24) is 10.2 Å². The Balaban J connectivity index is 1.47. The van der Waals surface area contributed by atoms with E-state index in [1.54, 1.807) is 13.2 Å². The number of nitrogens with zero attached hydrogens (tertiary/aromatic N) is 1. The number of nitrogens with one attached hydrogen (secondary N) is 2. The molecule has 1 aromatic carbocycles. The van der Waals surface area contributed by atoms with E-state index in [0.29, 0.717) is 23.2 Å². The molecule has 25 heavy (non-hydrogen) atoms. The number of hydrogen-bond acceptors (Lipinski definition) is 4. The van der Waals surface area contributed by atoms with Gasteiger partial charge < -0.3 is 14.8 Å². The van der Waals surface area contributed by atoms with E-state index in [9.17, 15) is 4.79 Å². The third-order valence-corrected chi connectivity index (χ3v) is 5.01. The molecule has 2 aliphatic rings. The van der Waals surface area contributed by atoms with Crippen LogP contribution in [0.2, 0.25) is 0 Å². The third kappa shape index (κ3) is 3.54. The molecule has 2 aromatic rings. The summed E-state index contributed by atoms with van der Waals surface area (Å²) < 4.78 is 10.8. The fourth-order valence-corrected chi connectivity index (χ4v) is 3.40. The Bertz CT molecular complexity index is 761. The van der Waals surface area contributed by atoms with Crippen LogP contribution in [0.1, 0.15) is 59.1 Å². The topological polar surface area (TPSA) is 76.2 Å². The number of carbonyl (C=O) groups excluding carboxylic acids is 1. The lowest BCUT2D eigenvalue weighted by Gasteiger charge is -2.20. The number of aromatic nitrogens is 2. The van der Waals surface area contributed by atoms with Gasteiger partial charge in [-0.15, -0.1) is 0 Å². The van der Waals surface area contributed by atoms with Gasteiger partial charge in [0.05, 0.1) is 7.11 Å². The van der Waals surface area contributed by atoms with E-state index in [0.717, 1.165) is 55.9 Å². The van der Waals surface area contributed by atoms with E-state index in [-0.39, 0.29) is 5.91 Å². The summed E-state index contributed by atoms with van der Waals surface area (Å²) in [6.45, 7) is 1.56. The number of anilines is 1. The summed E-state index contributed by atoms with van der Waals surface area (Å²) in [7, 11) is 1.67. The first kappa shape index (κ1) is 16.1. The van der Waals surface area contributed by atoms with Crippen molar-refractivity contribution in [1.29, 1.82) is 0 Å². The van der Waals surface area contributed by atoms with E-state index in [4.69, 9.17) is 9.47 Å². The molecule has 1 aliphatic heterocycles. The summed E-state index contributed by atoms with van der Waals surface area (Å²) in [4.78, 5) is 12.6. The van der Waals surface area contributed by atoms with E-state index >= 15 is 0 Å². The fourth-order valence-electron chi connectivity index (χ4n) is 3.40. The molecular formula is C19H23N3O3. The molecule has 0 radical (unpaired) electrons. The summed E-state index contributed by atoms with van der Waals surface area (Å²) in [5.41, 5.74) is 2.82. The first-order chi connectivity index (χ1) is 12.2. The number of amides is 1. The van der Waals surface area contributed by atoms with Crippen LogP contribution in [0.25, 0.3) is 0 Å². The molecule has 2 fully saturated rings. The van der Waals surface area contributed by atoms with Gasteiger partial charge in [0.2, 0.25) is 0 Å². The number of rotatable bonds is 5. The highest BCUT2D eigenvalue weighted by atomic mass is 16.5.